The molecule has 1 aromatic heterocycles. The summed E-state index contributed by atoms with van der Waals surface area (Å²) in [4.78, 5) is 26.3. The molecule has 2 N–H and O–H groups in total. The Kier molecular flexibility index (Phi) is 5.76. The summed E-state index contributed by atoms with van der Waals surface area (Å²) >= 11 is 1.21. The first-order valence-electron chi connectivity index (χ1n) is 8.60. The van der Waals surface area contributed by atoms with E-state index in [0.717, 1.165) is 16.4 Å². The number of nitrogens with zero attached hydrogens (tertiary/aromatic N) is 4. The Morgan fingerprint density at radius 2 is 2.04 bits per heavy atom. The second-order valence-electron chi connectivity index (χ2n) is 6.52. The van der Waals surface area contributed by atoms with Gasteiger partial charge in [0.2, 0.25) is 5.91 Å². The van der Waals surface area contributed by atoms with Crippen LogP contribution < -0.4 is 10.2 Å². The summed E-state index contributed by atoms with van der Waals surface area (Å²) in [5, 5.41) is 11.7. The highest BCUT2D eigenvalue weighted by Gasteiger charge is 2.28. The van der Waals surface area contributed by atoms with Gasteiger partial charge in [0.05, 0.1) is 19.8 Å². The number of rotatable bonds is 6. The molecule has 2 aromatic rings. The number of amides is 3. The van der Waals surface area contributed by atoms with E-state index in [4.69, 9.17) is 0 Å². The van der Waals surface area contributed by atoms with E-state index in [9.17, 15) is 14.0 Å². The summed E-state index contributed by atoms with van der Waals surface area (Å²) in [5.41, 5.74) is 0.721. The lowest BCUT2D eigenvalue weighted by molar-refractivity contribution is -0.890. The summed E-state index contributed by atoms with van der Waals surface area (Å²) in [6, 6.07) is 5.73. The van der Waals surface area contributed by atoms with Gasteiger partial charge >= 0.3 is 6.03 Å². The fraction of sp³-hybridized carbons (Fsp3) is 0.412. The van der Waals surface area contributed by atoms with Crippen molar-refractivity contribution >= 4 is 23.7 Å². The molecule has 3 amide bonds. The molecule has 3 rings (SSSR count). The molecule has 0 unspecified atom stereocenters. The van der Waals surface area contributed by atoms with E-state index in [2.05, 4.69) is 15.5 Å². The molecular formula is C17H22FN6O2S+. The number of hydrogen-bond acceptors (Lipinski definition) is 5. The Bertz CT molecular complexity index is 838. The number of thioether (sulfide) groups is 1. The summed E-state index contributed by atoms with van der Waals surface area (Å²) in [6.07, 6.45) is 0. The fourth-order valence-corrected chi connectivity index (χ4v) is 3.49. The van der Waals surface area contributed by atoms with Crippen LogP contribution in [-0.4, -0.2) is 64.5 Å². The molecule has 8 nitrogen and oxygen atoms in total. The zero-order valence-electron chi connectivity index (χ0n) is 15.4. The van der Waals surface area contributed by atoms with Crippen LogP contribution in [0.15, 0.2) is 29.4 Å². The Hall–Kier alpha value is -2.46. The molecule has 0 spiro atoms. The van der Waals surface area contributed by atoms with E-state index < -0.39 is 0 Å². The smallest absolute Gasteiger partial charge is 0.324 e. The molecule has 0 aliphatic carbocycles. The van der Waals surface area contributed by atoms with Crippen molar-refractivity contribution in [1.29, 1.82) is 0 Å². The van der Waals surface area contributed by atoms with Gasteiger partial charge in [0.1, 0.15) is 11.9 Å². The maximum Gasteiger partial charge on any atom is 0.324 e. The number of carbonyl (C=O) groups is 2. The van der Waals surface area contributed by atoms with Crippen molar-refractivity contribution in [1.82, 2.24) is 25.0 Å². The molecule has 0 bridgehead atoms. The van der Waals surface area contributed by atoms with E-state index in [1.54, 1.807) is 12.1 Å². The Morgan fingerprint density at radius 3 is 2.63 bits per heavy atom. The van der Waals surface area contributed by atoms with E-state index >= 15 is 0 Å². The van der Waals surface area contributed by atoms with Crippen LogP contribution >= 0.6 is 11.8 Å². The van der Waals surface area contributed by atoms with Crippen molar-refractivity contribution in [3.05, 3.63) is 35.9 Å². The van der Waals surface area contributed by atoms with Crippen LogP contribution in [-0.2, 0) is 4.79 Å². The number of aromatic nitrogens is 3. The molecule has 1 atom stereocenters. The summed E-state index contributed by atoms with van der Waals surface area (Å²) in [6.45, 7) is 2.86. The van der Waals surface area contributed by atoms with Crippen LogP contribution in [0.3, 0.4) is 0 Å². The van der Waals surface area contributed by atoms with Crippen molar-refractivity contribution in [2.24, 2.45) is 0 Å². The van der Waals surface area contributed by atoms with E-state index in [1.165, 1.54) is 28.8 Å². The van der Waals surface area contributed by atoms with Crippen molar-refractivity contribution in [2.75, 3.05) is 32.9 Å². The van der Waals surface area contributed by atoms with Crippen LogP contribution in [0.4, 0.5) is 9.18 Å². The Morgan fingerprint density at radius 1 is 1.33 bits per heavy atom. The molecule has 1 aromatic carbocycles. The van der Waals surface area contributed by atoms with Crippen molar-refractivity contribution in [2.45, 2.75) is 18.1 Å². The Labute approximate surface area is 160 Å². The topological polar surface area (TPSA) is 84.6 Å². The average molecular weight is 393 g/mol. The minimum Gasteiger partial charge on any atom is -0.336 e. The quantitative estimate of drug-likeness (QED) is 0.688. The number of urea groups is 1. The fourth-order valence-electron chi connectivity index (χ4n) is 2.66. The molecule has 1 fully saturated rings. The second kappa shape index (κ2) is 8.05. The highest BCUT2D eigenvalue weighted by Crippen LogP contribution is 2.25. The van der Waals surface area contributed by atoms with E-state index in [-0.39, 0.29) is 29.6 Å². The van der Waals surface area contributed by atoms with Crippen LogP contribution in [0.1, 0.15) is 18.8 Å². The molecule has 144 valence electrons. The molecular weight excluding hydrogens is 371 g/mol. The number of hydrogen-bond donors (Lipinski definition) is 2. The number of halogens is 1. The van der Waals surface area contributed by atoms with Crippen LogP contribution in [0.2, 0.25) is 0 Å². The predicted molar refractivity (Wildman–Crippen MR) is 98.4 cm³/mol. The van der Waals surface area contributed by atoms with Crippen LogP contribution in [0.25, 0.3) is 5.69 Å². The van der Waals surface area contributed by atoms with E-state index in [1.807, 2.05) is 25.6 Å². The first-order valence-corrected chi connectivity index (χ1v) is 9.59. The van der Waals surface area contributed by atoms with Gasteiger partial charge in [0.25, 0.3) is 0 Å². The van der Waals surface area contributed by atoms with Gasteiger partial charge in [-0.1, -0.05) is 11.8 Å². The van der Waals surface area contributed by atoms with Crippen LogP contribution in [0, 0.1) is 5.82 Å². The van der Waals surface area contributed by atoms with Gasteiger partial charge in [-0.2, -0.15) is 0 Å². The third-order valence-corrected chi connectivity index (χ3v) is 5.39. The first kappa shape index (κ1) is 19.3. The van der Waals surface area contributed by atoms with E-state index in [0.29, 0.717) is 18.2 Å². The number of imide groups is 1. The van der Waals surface area contributed by atoms with Gasteiger partial charge in [0, 0.05) is 18.8 Å². The van der Waals surface area contributed by atoms with Crippen molar-refractivity contribution in [3.63, 3.8) is 0 Å². The number of nitrogens with one attached hydrogen (secondary N) is 2. The summed E-state index contributed by atoms with van der Waals surface area (Å²) < 4.78 is 15.2. The predicted octanol–water partition coefficient (Wildman–Crippen LogP) is 0.256. The van der Waals surface area contributed by atoms with Gasteiger partial charge in [0.15, 0.2) is 11.0 Å². The molecule has 0 radical (unpaired) electrons. The van der Waals surface area contributed by atoms with Gasteiger partial charge in [-0.3, -0.25) is 14.3 Å². The lowest BCUT2D eigenvalue weighted by Gasteiger charge is -2.18. The maximum absolute atomic E-state index is 13.3. The third-order valence-electron chi connectivity index (χ3n) is 4.48. The third kappa shape index (κ3) is 4.11. The van der Waals surface area contributed by atoms with Crippen molar-refractivity contribution < 1.29 is 18.9 Å². The van der Waals surface area contributed by atoms with Crippen LogP contribution in [0.5, 0.6) is 0 Å². The zero-order chi connectivity index (χ0) is 19.6. The normalized spacial score (nSPS) is 15.3. The minimum atomic E-state index is -0.369. The van der Waals surface area contributed by atoms with Gasteiger partial charge in [-0.25, -0.2) is 9.18 Å². The number of benzene rings is 1. The monoisotopic (exact) mass is 393 g/mol. The minimum absolute atomic E-state index is 0.0389. The highest BCUT2D eigenvalue weighted by atomic mass is 32.2. The molecule has 27 heavy (non-hydrogen) atoms. The number of quaternary nitrogens is 1. The average Bonchev–Trinajstić information content (AvgIpc) is 3.26. The standard InChI is InChI=1S/C17H21FN6O2S/c1-11(22(2)3)15-20-21-17(24(15)13-6-4-12(18)5-7-13)27-10-14(25)23-9-8-19-16(23)26/h4-7,11H,8-10H2,1-3H3,(H,19,26)/p+1/t11-/m1/s1. The Balaban J connectivity index is 1.87. The van der Waals surface area contributed by atoms with Gasteiger partial charge in [-0.05, 0) is 31.2 Å². The highest BCUT2D eigenvalue weighted by molar-refractivity contribution is 7.99. The molecule has 2 heterocycles. The zero-order valence-corrected chi connectivity index (χ0v) is 16.2. The first-order chi connectivity index (χ1) is 12.9. The molecule has 1 saturated heterocycles. The molecule has 1 aliphatic heterocycles. The summed E-state index contributed by atoms with van der Waals surface area (Å²) in [7, 11) is 4.02. The van der Waals surface area contributed by atoms with Gasteiger partial charge in [-0.15, -0.1) is 10.2 Å². The summed E-state index contributed by atoms with van der Waals surface area (Å²) in [5.74, 6) is 0.173. The SMILES string of the molecule is C[C@H](c1nnc(SCC(=O)N2CCNC2=O)n1-c1ccc(F)cc1)[NH+](C)C. The lowest BCUT2D eigenvalue weighted by Crippen LogP contribution is -3.05. The van der Waals surface area contributed by atoms with Crippen molar-refractivity contribution in [3.8, 4) is 5.69 Å². The molecule has 10 heteroatoms. The molecule has 1 aliphatic rings. The lowest BCUT2D eigenvalue weighted by atomic mass is 10.2. The maximum atomic E-state index is 13.3. The number of carbonyl (C=O) groups excluding carboxylic acids is 2. The largest absolute Gasteiger partial charge is 0.336 e. The van der Waals surface area contributed by atoms with Gasteiger partial charge < -0.3 is 10.2 Å². The molecule has 0 saturated carbocycles. The second-order valence-corrected chi connectivity index (χ2v) is 7.46.